The minimum atomic E-state index is 0.275. The van der Waals surface area contributed by atoms with Gasteiger partial charge in [-0.15, -0.1) is 0 Å². The summed E-state index contributed by atoms with van der Waals surface area (Å²) in [5.74, 6) is 0.275. The Labute approximate surface area is 180 Å². The van der Waals surface area contributed by atoms with Gasteiger partial charge >= 0.3 is 0 Å². The maximum Gasteiger partial charge on any atom is 0.222 e. The lowest BCUT2D eigenvalue weighted by atomic mass is 10.0. The van der Waals surface area contributed by atoms with Crippen LogP contribution in [-0.2, 0) is 9.59 Å². The number of hydrogen-bond donors (Lipinski definition) is 0. The highest BCUT2D eigenvalue weighted by molar-refractivity contribution is 5.76. The van der Waals surface area contributed by atoms with Crippen molar-refractivity contribution in [2.24, 2.45) is 0 Å². The van der Waals surface area contributed by atoms with Crippen LogP contribution in [0.15, 0.2) is 0 Å². The van der Waals surface area contributed by atoms with Gasteiger partial charge in [-0.2, -0.15) is 0 Å². The normalized spacial score (nSPS) is 14.4. The van der Waals surface area contributed by atoms with Gasteiger partial charge in [0.05, 0.1) is 0 Å². The van der Waals surface area contributed by atoms with Crippen molar-refractivity contribution in [3.63, 3.8) is 0 Å². The van der Waals surface area contributed by atoms with Gasteiger partial charge in [-0.1, -0.05) is 110 Å². The zero-order valence-corrected chi connectivity index (χ0v) is 19.3. The lowest BCUT2D eigenvalue weighted by Gasteiger charge is -2.32. The van der Waals surface area contributed by atoms with Crippen LogP contribution in [0.3, 0.4) is 0 Å². The van der Waals surface area contributed by atoms with Gasteiger partial charge in [0, 0.05) is 32.6 Å². The molecule has 0 radical (unpaired) electrons. The first kappa shape index (κ1) is 26.0. The molecule has 4 heteroatoms. The van der Waals surface area contributed by atoms with Crippen LogP contribution in [0.1, 0.15) is 122 Å². The highest BCUT2D eigenvalue weighted by atomic mass is 16.2. The smallest absolute Gasteiger partial charge is 0.222 e. The van der Waals surface area contributed by atoms with Crippen molar-refractivity contribution in [1.82, 2.24) is 9.80 Å². The van der Waals surface area contributed by atoms with E-state index in [0.717, 1.165) is 12.8 Å². The van der Waals surface area contributed by atoms with E-state index in [2.05, 4.69) is 6.92 Å². The number of carbonyl (C=O) groups is 2. The molecule has 1 saturated heterocycles. The van der Waals surface area contributed by atoms with E-state index >= 15 is 0 Å². The third-order valence-electron chi connectivity index (χ3n) is 6.31. The summed E-state index contributed by atoms with van der Waals surface area (Å²) in [4.78, 5) is 26.5. The molecule has 0 aliphatic carbocycles. The zero-order chi connectivity index (χ0) is 21.0. The largest absolute Gasteiger partial charge is 0.342 e. The molecular formula is C25H48N2O2. The summed E-state index contributed by atoms with van der Waals surface area (Å²) in [5, 5.41) is 0. The molecule has 1 aliphatic rings. The summed E-state index contributed by atoms with van der Waals surface area (Å²) >= 11 is 0. The Morgan fingerprint density at radius 3 is 1.38 bits per heavy atom. The highest BCUT2D eigenvalue weighted by Crippen LogP contribution is 2.14. The number of amides is 2. The van der Waals surface area contributed by atoms with Crippen LogP contribution in [0.5, 0.6) is 0 Å². The van der Waals surface area contributed by atoms with Crippen molar-refractivity contribution >= 4 is 12.3 Å². The molecule has 4 nitrogen and oxygen atoms in total. The summed E-state index contributed by atoms with van der Waals surface area (Å²) in [6.07, 6.45) is 24.8. The van der Waals surface area contributed by atoms with E-state index in [-0.39, 0.29) is 5.91 Å². The Kier molecular flexibility index (Phi) is 17.0. The van der Waals surface area contributed by atoms with E-state index < -0.39 is 0 Å². The Morgan fingerprint density at radius 2 is 1.00 bits per heavy atom. The van der Waals surface area contributed by atoms with Crippen LogP contribution in [0.2, 0.25) is 0 Å². The molecule has 0 bridgehead atoms. The van der Waals surface area contributed by atoms with Crippen LogP contribution >= 0.6 is 0 Å². The van der Waals surface area contributed by atoms with Crippen molar-refractivity contribution in [3.05, 3.63) is 0 Å². The fraction of sp³-hybridized carbons (Fsp3) is 0.920. The van der Waals surface area contributed by atoms with Crippen molar-refractivity contribution in [2.75, 3.05) is 26.2 Å². The third kappa shape index (κ3) is 14.5. The van der Waals surface area contributed by atoms with E-state index in [9.17, 15) is 9.59 Å². The number of unbranched alkanes of at least 4 members (excludes halogenated alkanes) is 16. The quantitative estimate of drug-likeness (QED) is 0.185. The summed E-state index contributed by atoms with van der Waals surface area (Å²) < 4.78 is 0. The summed E-state index contributed by atoms with van der Waals surface area (Å²) in [6, 6.07) is 0. The van der Waals surface area contributed by atoms with Crippen LogP contribution in [0, 0.1) is 0 Å². The SMILES string of the molecule is CCCCCCCCCCCCCCCCCCCC(=O)N1CCN(C=O)CC1. The summed E-state index contributed by atoms with van der Waals surface area (Å²) in [7, 11) is 0. The fourth-order valence-corrected chi connectivity index (χ4v) is 4.24. The van der Waals surface area contributed by atoms with E-state index in [1.807, 2.05) is 4.90 Å². The fourth-order valence-electron chi connectivity index (χ4n) is 4.24. The first-order valence-electron chi connectivity index (χ1n) is 12.7. The molecule has 0 aromatic carbocycles. The Balaban J connectivity index is 1.76. The molecule has 0 aromatic heterocycles. The zero-order valence-electron chi connectivity index (χ0n) is 19.3. The van der Waals surface area contributed by atoms with Gasteiger partial charge in [-0.05, 0) is 6.42 Å². The second kappa shape index (κ2) is 18.9. The molecule has 0 atom stereocenters. The average Bonchev–Trinajstić information content (AvgIpc) is 2.75. The lowest BCUT2D eigenvalue weighted by molar-refractivity contribution is -0.135. The van der Waals surface area contributed by atoms with Crippen LogP contribution in [0.4, 0.5) is 0 Å². The molecule has 0 aromatic rings. The molecule has 170 valence electrons. The van der Waals surface area contributed by atoms with Gasteiger partial charge in [-0.3, -0.25) is 9.59 Å². The number of nitrogens with zero attached hydrogens (tertiary/aromatic N) is 2. The monoisotopic (exact) mass is 408 g/mol. The minimum absolute atomic E-state index is 0.275. The predicted molar refractivity (Wildman–Crippen MR) is 123 cm³/mol. The van der Waals surface area contributed by atoms with Crippen molar-refractivity contribution in [1.29, 1.82) is 0 Å². The Hall–Kier alpha value is -1.06. The van der Waals surface area contributed by atoms with E-state index in [4.69, 9.17) is 0 Å². The topological polar surface area (TPSA) is 40.6 Å². The third-order valence-corrected chi connectivity index (χ3v) is 6.31. The van der Waals surface area contributed by atoms with Crippen LogP contribution in [-0.4, -0.2) is 48.3 Å². The summed E-state index contributed by atoms with van der Waals surface area (Å²) in [6.45, 7) is 5.07. The highest BCUT2D eigenvalue weighted by Gasteiger charge is 2.19. The van der Waals surface area contributed by atoms with E-state index in [1.54, 1.807) is 4.90 Å². The standard InChI is InChI=1S/C25H48N2O2/c1-2-3-4-5-6-7-8-9-10-11-12-13-14-15-16-17-18-19-25(29)27-22-20-26(24-28)21-23-27/h24H,2-23H2,1H3. The van der Waals surface area contributed by atoms with Gasteiger partial charge in [-0.25, -0.2) is 0 Å². The van der Waals surface area contributed by atoms with Gasteiger partial charge in [0.1, 0.15) is 0 Å². The van der Waals surface area contributed by atoms with Crippen LogP contribution < -0.4 is 0 Å². The van der Waals surface area contributed by atoms with Gasteiger partial charge in [0.15, 0.2) is 0 Å². The predicted octanol–water partition coefficient (Wildman–Crippen LogP) is 6.33. The number of carbonyl (C=O) groups excluding carboxylic acids is 2. The number of piperazine rings is 1. The molecule has 0 unspecified atom stereocenters. The first-order chi connectivity index (χ1) is 14.3. The summed E-state index contributed by atoms with van der Waals surface area (Å²) in [5.41, 5.74) is 0. The molecule has 1 aliphatic heterocycles. The average molecular weight is 409 g/mol. The molecule has 0 N–H and O–H groups in total. The number of hydrogen-bond acceptors (Lipinski definition) is 2. The molecule has 29 heavy (non-hydrogen) atoms. The Morgan fingerprint density at radius 1 is 0.621 bits per heavy atom. The van der Waals surface area contributed by atoms with Crippen LogP contribution in [0.25, 0.3) is 0 Å². The maximum absolute atomic E-state index is 12.2. The second-order valence-electron chi connectivity index (χ2n) is 8.93. The van der Waals surface area contributed by atoms with Crippen molar-refractivity contribution in [3.8, 4) is 0 Å². The second-order valence-corrected chi connectivity index (χ2v) is 8.93. The van der Waals surface area contributed by atoms with E-state index in [0.29, 0.717) is 32.6 Å². The van der Waals surface area contributed by atoms with Crippen molar-refractivity contribution < 1.29 is 9.59 Å². The molecule has 0 spiro atoms. The van der Waals surface area contributed by atoms with Gasteiger partial charge in [0.2, 0.25) is 12.3 Å². The molecule has 2 amide bonds. The lowest BCUT2D eigenvalue weighted by Crippen LogP contribution is -2.48. The Bertz CT molecular complexity index is 392. The molecule has 1 fully saturated rings. The van der Waals surface area contributed by atoms with E-state index in [1.165, 1.54) is 103 Å². The van der Waals surface area contributed by atoms with Gasteiger partial charge in [0.25, 0.3) is 0 Å². The number of rotatable bonds is 19. The maximum atomic E-state index is 12.2. The molecule has 1 rings (SSSR count). The molecular weight excluding hydrogens is 360 g/mol. The minimum Gasteiger partial charge on any atom is -0.342 e. The first-order valence-corrected chi connectivity index (χ1v) is 12.7. The van der Waals surface area contributed by atoms with Gasteiger partial charge < -0.3 is 9.80 Å². The molecule has 1 heterocycles. The van der Waals surface area contributed by atoms with Crippen molar-refractivity contribution in [2.45, 2.75) is 122 Å². The molecule has 0 saturated carbocycles.